The highest BCUT2D eigenvalue weighted by Crippen LogP contribution is 2.37. The number of hydrogen-bond donors (Lipinski definition) is 0. The highest BCUT2D eigenvalue weighted by Gasteiger charge is 2.32. The van der Waals surface area contributed by atoms with Crippen LogP contribution in [0.5, 0.6) is 0 Å². The fraction of sp³-hybridized carbons (Fsp3) is 0.455. The smallest absolute Gasteiger partial charge is 0.352 e. The third-order valence-corrected chi connectivity index (χ3v) is 5.69. The van der Waals surface area contributed by atoms with E-state index in [0.29, 0.717) is 55.5 Å². The van der Waals surface area contributed by atoms with E-state index in [2.05, 4.69) is 10.1 Å². The van der Waals surface area contributed by atoms with Gasteiger partial charge in [-0.25, -0.2) is 4.98 Å². The minimum atomic E-state index is -4.48. The molecular formula is C22H23ClF3N5O2. The average Bonchev–Trinajstić information content (AvgIpc) is 3.21. The molecule has 0 radical (unpaired) electrons. The molecule has 33 heavy (non-hydrogen) atoms. The topological polar surface area (TPSA) is 75.4 Å². The van der Waals surface area contributed by atoms with Crippen molar-refractivity contribution in [3.8, 4) is 11.3 Å². The summed E-state index contributed by atoms with van der Waals surface area (Å²) in [6.07, 6.45) is -3.88. The second-order valence-electron chi connectivity index (χ2n) is 8.35. The summed E-state index contributed by atoms with van der Waals surface area (Å²) in [6, 6.07) is 4.94. The maximum Gasteiger partial charge on any atom is 0.416 e. The number of anilines is 1. The summed E-state index contributed by atoms with van der Waals surface area (Å²) in [5.41, 5.74) is -0.0342. The summed E-state index contributed by atoms with van der Waals surface area (Å²) >= 11 is 5.68. The Bertz CT molecular complexity index is 1160. The van der Waals surface area contributed by atoms with E-state index in [1.165, 1.54) is 6.07 Å². The summed E-state index contributed by atoms with van der Waals surface area (Å²) in [4.78, 5) is 24.8. The van der Waals surface area contributed by atoms with Crippen LogP contribution in [0.4, 0.5) is 19.0 Å². The van der Waals surface area contributed by atoms with Gasteiger partial charge >= 0.3 is 6.18 Å². The molecule has 0 aliphatic carbocycles. The standard InChI is InChI=1S/C22H23ClF3N5O2/c1-13(2)10-16-27-20(31-8-6-30(7-9-31)17(32)12-23)18-19(29-33-21(18)28-16)14-4-3-5-15(11-14)22(24,25)26/h3-5,11,13H,6-10,12H2,1-2H3. The van der Waals surface area contributed by atoms with Gasteiger partial charge in [0.1, 0.15) is 28.6 Å². The van der Waals surface area contributed by atoms with Crippen LogP contribution in [0.2, 0.25) is 0 Å². The molecule has 11 heteroatoms. The Labute approximate surface area is 193 Å². The minimum Gasteiger partial charge on any atom is -0.352 e. The van der Waals surface area contributed by atoms with Gasteiger partial charge in [0.15, 0.2) is 0 Å². The second kappa shape index (κ2) is 9.17. The number of amides is 1. The molecule has 7 nitrogen and oxygen atoms in total. The Hall–Kier alpha value is -2.88. The Kier molecular flexibility index (Phi) is 6.47. The number of aromatic nitrogens is 3. The first-order chi connectivity index (χ1) is 15.7. The van der Waals surface area contributed by atoms with Crippen LogP contribution in [-0.4, -0.2) is 58.0 Å². The van der Waals surface area contributed by atoms with Crippen LogP contribution in [0.25, 0.3) is 22.4 Å². The molecule has 0 bridgehead atoms. The molecule has 1 aromatic carbocycles. The van der Waals surface area contributed by atoms with Crippen molar-refractivity contribution in [3.05, 3.63) is 35.7 Å². The van der Waals surface area contributed by atoms with Crippen LogP contribution >= 0.6 is 11.6 Å². The summed E-state index contributed by atoms with van der Waals surface area (Å²) < 4.78 is 45.3. The maximum atomic E-state index is 13.3. The highest BCUT2D eigenvalue weighted by molar-refractivity contribution is 6.27. The van der Waals surface area contributed by atoms with Gasteiger partial charge in [-0.2, -0.15) is 18.2 Å². The van der Waals surface area contributed by atoms with E-state index in [1.807, 2.05) is 18.7 Å². The Morgan fingerprint density at radius 3 is 2.55 bits per heavy atom. The molecule has 1 amide bonds. The first-order valence-electron chi connectivity index (χ1n) is 10.6. The second-order valence-corrected chi connectivity index (χ2v) is 8.62. The van der Waals surface area contributed by atoms with E-state index >= 15 is 0 Å². The van der Waals surface area contributed by atoms with Crippen LogP contribution in [0.15, 0.2) is 28.8 Å². The molecule has 4 rings (SSSR count). The lowest BCUT2D eigenvalue weighted by Crippen LogP contribution is -2.49. The zero-order valence-electron chi connectivity index (χ0n) is 18.2. The normalized spacial score (nSPS) is 15.0. The van der Waals surface area contributed by atoms with Crippen LogP contribution in [0.3, 0.4) is 0 Å². The van der Waals surface area contributed by atoms with Crippen molar-refractivity contribution >= 4 is 34.4 Å². The Morgan fingerprint density at radius 2 is 1.91 bits per heavy atom. The lowest BCUT2D eigenvalue weighted by molar-refractivity contribution is -0.137. The first kappa shape index (κ1) is 23.3. The van der Waals surface area contributed by atoms with Crippen molar-refractivity contribution < 1.29 is 22.5 Å². The summed E-state index contributed by atoms with van der Waals surface area (Å²) in [7, 11) is 0. The number of nitrogens with zero attached hydrogens (tertiary/aromatic N) is 5. The molecule has 2 aromatic heterocycles. The third kappa shape index (κ3) is 4.90. The Balaban J connectivity index is 1.79. The van der Waals surface area contributed by atoms with Gasteiger partial charge in [0.05, 0.1) is 5.56 Å². The van der Waals surface area contributed by atoms with Gasteiger partial charge in [-0.1, -0.05) is 31.1 Å². The average molecular weight is 482 g/mol. The van der Waals surface area contributed by atoms with Gasteiger partial charge in [-0.15, -0.1) is 11.6 Å². The van der Waals surface area contributed by atoms with Crippen molar-refractivity contribution in [2.24, 2.45) is 5.92 Å². The lowest BCUT2D eigenvalue weighted by Gasteiger charge is -2.35. The van der Waals surface area contributed by atoms with Gasteiger partial charge in [-0.3, -0.25) is 4.79 Å². The molecule has 0 saturated carbocycles. The van der Waals surface area contributed by atoms with Gasteiger partial charge in [-0.05, 0) is 18.1 Å². The van der Waals surface area contributed by atoms with E-state index in [1.54, 1.807) is 11.0 Å². The molecular weight excluding hydrogens is 459 g/mol. The zero-order chi connectivity index (χ0) is 23.8. The number of carbonyl (C=O) groups is 1. The van der Waals surface area contributed by atoms with E-state index < -0.39 is 11.7 Å². The highest BCUT2D eigenvalue weighted by atomic mass is 35.5. The van der Waals surface area contributed by atoms with Crippen LogP contribution < -0.4 is 4.90 Å². The van der Waals surface area contributed by atoms with Crippen molar-refractivity contribution in [2.75, 3.05) is 37.0 Å². The van der Waals surface area contributed by atoms with Crippen molar-refractivity contribution in [1.82, 2.24) is 20.0 Å². The molecule has 0 atom stereocenters. The van der Waals surface area contributed by atoms with Crippen molar-refractivity contribution in [1.29, 1.82) is 0 Å². The number of rotatable bonds is 5. The first-order valence-corrected chi connectivity index (χ1v) is 11.1. The molecule has 176 valence electrons. The fourth-order valence-electron chi connectivity index (χ4n) is 3.86. The van der Waals surface area contributed by atoms with Crippen LogP contribution in [0.1, 0.15) is 25.2 Å². The van der Waals surface area contributed by atoms with Gasteiger partial charge in [0, 0.05) is 38.2 Å². The predicted molar refractivity (Wildman–Crippen MR) is 118 cm³/mol. The number of halogens is 4. The molecule has 0 N–H and O–H groups in total. The molecule has 1 saturated heterocycles. The number of piperazine rings is 1. The molecule has 3 heterocycles. The van der Waals surface area contributed by atoms with Crippen molar-refractivity contribution in [3.63, 3.8) is 0 Å². The van der Waals surface area contributed by atoms with Gasteiger partial charge in [0.25, 0.3) is 5.71 Å². The van der Waals surface area contributed by atoms with Gasteiger partial charge < -0.3 is 14.3 Å². The van der Waals surface area contributed by atoms with Gasteiger partial charge in [0.2, 0.25) is 5.91 Å². The number of fused-ring (bicyclic) bond motifs is 1. The number of alkyl halides is 4. The monoisotopic (exact) mass is 481 g/mol. The zero-order valence-corrected chi connectivity index (χ0v) is 18.9. The van der Waals surface area contributed by atoms with E-state index in [0.717, 1.165) is 12.1 Å². The van der Waals surface area contributed by atoms with E-state index in [4.69, 9.17) is 21.1 Å². The lowest BCUT2D eigenvalue weighted by atomic mass is 10.1. The predicted octanol–water partition coefficient (Wildman–Crippen LogP) is 4.39. The van der Waals surface area contributed by atoms with E-state index in [-0.39, 0.29) is 28.8 Å². The number of carbonyl (C=O) groups excluding carboxylic acids is 1. The molecule has 0 spiro atoms. The van der Waals surface area contributed by atoms with Crippen LogP contribution in [-0.2, 0) is 17.4 Å². The molecule has 3 aromatic rings. The largest absolute Gasteiger partial charge is 0.416 e. The SMILES string of the molecule is CC(C)Cc1nc(N2CCN(C(=O)CCl)CC2)c2c(-c3cccc(C(F)(F)F)c3)noc2n1. The van der Waals surface area contributed by atoms with E-state index in [9.17, 15) is 18.0 Å². The minimum absolute atomic E-state index is 0.0817. The molecule has 1 aliphatic heterocycles. The van der Waals surface area contributed by atoms with Crippen LogP contribution in [0, 0.1) is 5.92 Å². The maximum absolute atomic E-state index is 13.3. The third-order valence-electron chi connectivity index (χ3n) is 5.46. The number of hydrogen-bond acceptors (Lipinski definition) is 6. The fourth-order valence-corrected chi connectivity index (χ4v) is 4.03. The molecule has 0 unspecified atom stereocenters. The molecule has 1 fully saturated rings. The summed E-state index contributed by atoms with van der Waals surface area (Å²) in [5.74, 6) is 1.18. The number of benzene rings is 1. The van der Waals surface area contributed by atoms with Crippen molar-refractivity contribution in [2.45, 2.75) is 26.4 Å². The summed E-state index contributed by atoms with van der Waals surface area (Å²) in [5, 5.41) is 4.52. The summed E-state index contributed by atoms with van der Waals surface area (Å²) in [6.45, 7) is 5.98. The molecule has 1 aliphatic rings. The Morgan fingerprint density at radius 1 is 1.18 bits per heavy atom. The quantitative estimate of drug-likeness (QED) is 0.503.